The molecule has 1 aliphatic carbocycles. The van der Waals surface area contributed by atoms with Gasteiger partial charge in [0.25, 0.3) is 6.29 Å². The van der Waals surface area contributed by atoms with E-state index in [1.165, 1.54) is 6.07 Å². The van der Waals surface area contributed by atoms with Crippen LogP contribution in [0.15, 0.2) is 12.1 Å². The Labute approximate surface area is 180 Å². The van der Waals surface area contributed by atoms with Gasteiger partial charge in [-0.05, 0) is 55.6 Å². The van der Waals surface area contributed by atoms with Gasteiger partial charge in [-0.2, -0.15) is 13.2 Å². The Balaban J connectivity index is 1.65. The van der Waals surface area contributed by atoms with Gasteiger partial charge in [0.1, 0.15) is 0 Å². The quantitative estimate of drug-likeness (QED) is 0.404. The highest BCUT2D eigenvalue weighted by Gasteiger charge is 2.51. The van der Waals surface area contributed by atoms with Crippen LogP contribution in [0.3, 0.4) is 0 Å². The van der Waals surface area contributed by atoms with Gasteiger partial charge >= 0.3 is 6.11 Å². The summed E-state index contributed by atoms with van der Waals surface area (Å²) in [6, 6.07) is 2.32. The minimum absolute atomic E-state index is 0.105. The van der Waals surface area contributed by atoms with Gasteiger partial charge in [-0.1, -0.05) is 39.2 Å². The van der Waals surface area contributed by atoms with Crippen LogP contribution < -0.4 is 4.74 Å². The molecule has 1 saturated heterocycles. The van der Waals surface area contributed by atoms with E-state index < -0.39 is 48.7 Å². The number of halogens is 5. The third-order valence-electron chi connectivity index (χ3n) is 6.27. The molecular weight excluding hydrogens is 419 g/mol. The largest absolute Gasteiger partial charge is 0.451 e. The summed E-state index contributed by atoms with van der Waals surface area (Å²) in [5.41, 5.74) is -1.66. The Morgan fingerprint density at radius 2 is 1.65 bits per heavy atom. The Bertz CT molecular complexity index is 726. The monoisotopic (exact) mass is 450 g/mol. The fourth-order valence-electron chi connectivity index (χ4n) is 4.63. The molecule has 0 spiro atoms. The van der Waals surface area contributed by atoms with E-state index in [0.717, 1.165) is 44.6 Å². The highest BCUT2D eigenvalue weighted by molar-refractivity contribution is 5.33. The Morgan fingerprint density at radius 3 is 2.23 bits per heavy atom. The van der Waals surface area contributed by atoms with Crippen molar-refractivity contribution in [3.63, 3.8) is 0 Å². The normalized spacial score (nSPS) is 29.7. The second-order valence-corrected chi connectivity index (χ2v) is 8.81. The van der Waals surface area contributed by atoms with Crippen molar-refractivity contribution in [3.05, 3.63) is 29.3 Å². The molecule has 0 N–H and O–H groups in total. The standard InChI is InChI=1S/C23H31F5O3/c1-3-5-15-6-8-16(9-7-15)17-10-11-18(20(25)19(17)24)31-23(27,28)21-29-13-22(26,12-4-2)14-30-21/h10-11,15-16,21H,3-9,12-14H2,1-2H3. The molecule has 0 atom stereocenters. The number of hydrogen-bond acceptors (Lipinski definition) is 3. The molecule has 0 aromatic heterocycles. The maximum atomic E-state index is 14.7. The minimum atomic E-state index is -4.11. The lowest BCUT2D eigenvalue weighted by molar-refractivity contribution is -0.362. The highest BCUT2D eigenvalue weighted by Crippen LogP contribution is 2.41. The minimum Gasteiger partial charge on any atom is -0.426 e. The topological polar surface area (TPSA) is 27.7 Å². The van der Waals surface area contributed by atoms with Gasteiger partial charge in [-0.3, -0.25) is 0 Å². The highest BCUT2D eigenvalue weighted by atomic mass is 19.3. The lowest BCUT2D eigenvalue weighted by atomic mass is 9.77. The van der Waals surface area contributed by atoms with E-state index in [1.54, 1.807) is 6.92 Å². The summed E-state index contributed by atoms with van der Waals surface area (Å²) in [6.45, 7) is 2.71. The molecule has 0 unspecified atom stereocenters. The summed E-state index contributed by atoms with van der Waals surface area (Å²) in [6.07, 6.45) is -0.124. The van der Waals surface area contributed by atoms with Crippen molar-refractivity contribution in [1.29, 1.82) is 0 Å². The number of ether oxygens (including phenoxy) is 3. The first kappa shape index (κ1) is 24.2. The van der Waals surface area contributed by atoms with Gasteiger partial charge in [0.15, 0.2) is 17.2 Å². The van der Waals surface area contributed by atoms with Gasteiger partial charge in [0, 0.05) is 0 Å². The van der Waals surface area contributed by atoms with E-state index >= 15 is 0 Å². The first-order valence-electron chi connectivity index (χ1n) is 11.2. The predicted octanol–water partition coefficient (Wildman–Crippen LogP) is 6.89. The number of hydrogen-bond donors (Lipinski definition) is 0. The van der Waals surface area contributed by atoms with Crippen molar-refractivity contribution in [3.8, 4) is 5.75 Å². The van der Waals surface area contributed by atoms with Crippen molar-refractivity contribution in [1.82, 2.24) is 0 Å². The molecule has 3 nitrogen and oxygen atoms in total. The van der Waals surface area contributed by atoms with E-state index in [9.17, 15) is 22.0 Å². The fraction of sp³-hybridized carbons (Fsp3) is 0.739. The molecule has 31 heavy (non-hydrogen) atoms. The van der Waals surface area contributed by atoms with Gasteiger partial charge in [0.2, 0.25) is 5.82 Å². The molecule has 1 heterocycles. The first-order valence-corrected chi connectivity index (χ1v) is 11.2. The SMILES string of the molecule is CCCC1CCC(c2ccc(OC(F)(F)C3OCC(F)(CCC)CO3)c(F)c2F)CC1. The van der Waals surface area contributed by atoms with Crippen molar-refractivity contribution < 1.29 is 36.2 Å². The molecule has 0 radical (unpaired) electrons. The van der Waals surface area contributed by atoms with Gasteiger partial charge in [-0.25, -0.2) is 8.78 Å². The van der Waals surface area contributed by atoms with E-state index in [1.807, 2.05) is 0 Å². The van der Waals surface area contributed by atoms with Crippen molar-refractivity contribution in [2.45, 2.75) is 89.2 Å². The molecule has 2 aliphatic rings. The van der Waals surface area contributed by atoms with Crippen molar-refractivity contribution in [2.24, 2.45) is 5.92 Å². The number of benzene rings is 1. The van der Waals surface area contributed by atoms with Crippen molar-refractivity contribution in [2.75, 3.05) is 13.2 Å². The third-order valence-corrected chi connectivity index (χ3v) is 6.27. The lowest BCUT2D eigenvalue weighted by Gasteiger charge is -2.36. The Hall–Kier alpha value is -1.41. The lowest BCUT2D eigenvalue weighted by Crippen LogP contribution is -2.52. The maximum Gasteiger partial charge on any atom is 0.451 e. The van der Waals surface area contributed by atoms with Crippen LogP contribution in [0, 0.1) is 17.6 Å². The first-order chi connectivity index (χ1) is 14.7. The van der Waals surface area contributed by atoms with Crippen LogP contribution in [0.5, 0.6) is 5.75 Å². The summed E-state index contributed by atoms with van der Waals surface area (Å²) in [5.74, 6) is -3.09. The zero-order chi connectivity index (χ0) is 22.6. The summed E-state index contributed by atoms with van der Waals surface area (Å²) < 4.78 is 86.5. The van der Waals surface area contributed by atoms with Gasteiger partial charge in [0.05, 0.1) is 13.2 Å². The molecule has 0 bridgehead atoms. The van der Waals surface area contributed by atoms with Crippen LogP contribution in [-0.2, 0) is 9.47 Å². The van der Waals surface area contributed by atoms with E-state index in [2.05, 4.69) is 11.7 Å². The number of rotatable bonds is 8. The van der Waals surface area contributed by atoms with E-state index in [0.29, 0.717) is 12.3 Å². The van der Waals surface area contributed by atoms with Crippen LogP contribution in [0.4, 0.5) is 22.0 Å². The second-order valence-electron chi connectivity index (χ2n) is 8.81. The zero-order valence-electron chi connectivity index (χ0n) is 18.1. The fourth-order valence-corrected chi connectivity index (χ4v) is 4.63. The summed E-state index contributed by atoms with van der Waals surface area (Å²) >= 11 is 0. The molecule has 8 heteroatoms. The molecule has 1 saturated carbocycles. The van der Waals surface area contributed by atoms with Crippen LogP contribution in [-0.4, -0.2) is 31.3 Å². The smallest absolute Gasteiger partial charge is 0.426 e. The third kappa shape index (κ3) is 5.69. The van der Waals surface area contributed by atoms with Crippen LogP contribution >= 0.6 is 0 Å². The van der Waals surface area contributed by atoms with Gasteiger partial charge < -0.3 is 14.2 Å². The van der Waals surface area contributed by atoms with Crippen molar-refractivity contribution >= 4 is 0 Å². The summed E-state index contributed by atoms with van der Waals surface area (Å²) in [4.78, 5) is 0. The predicted molar refractivity (Wildman–Crippen MR) is 106 cm³/mol. The van der Waals surface area contributed by atoms with E-state index in [4.69, 9.17) is 9.47 Å². The second kappa shape index (κ2) is 10.0. The van der Waals surface area contributed by atoms with Crippen LogP contribution in [0.25, 0.3) is 0 Å². The Kier molecular flexibility index (Phi) is 7.84. The molecule has 176 valence electrons. The molecule has 2 fully saturated rings. The van der Waals surface area contributed by atoms with Crippen LogP contribution in [0.2, 0.25) is 0 Å². The average Bonchev–Trinajstić information content (AvgIpc) is 2.73. The number of alkyl halides is 3. The summed E-state index contributed by atoms with van der Waals surface area (Å²) in [5, 5.41) is 0. The molecule has 3 rings (SSSR count). The molecule has 1 aromatic carbocycles. The summed E-state index contributed by atoms with van der Waals surface area (Å²) in [7, 11) is 0. The maximum absolute atomic E-state index is 14.7. The van der Waals surface area contributed by atoms with Crippen LogP contribution in [0.1, 0.15) is 76.7 Å². The Morgan fingerprint density at radius 1 is 1.00 bits per heavy atom. The zero-order valence-corrected chi connectivity index (χ0v) is 18.1. The molecule has 1 aromatic rings. The molecule has 1 aliphatic heterocycles. The van der Waals surface area contributed by atoms with E-state index in [-0.39, 0.29) is 17.9 Å². The average molecular weight is 450 g/mol. The molecular formula is C23H31F5O3. The van der Waals surface area contributed by atoms with Gasteiger partial charge in [-0.15, -0.1) is 0 Å². The molecule has 0 amide bonds.